The predicted molar refractivity (Wildman–Crippen MR) is 106 cm³/mol. The highest BCUT2D eigenvalue weighted by Gasteiger charge is 2.30. The van der Waals surface area contributed by atoms with E-state index in [1.165, 1.54) is 24.3 Å². The summed E-state index contributed by atoms with van der Waals surface area (Å²) < 4.78 is 23.0. The van der Waals surface area contributed by atoms with E-state index in [1.54, 1.807) is 12.4 Å². The lowest BCUT2D eigenvalue weighted by atomic mass is 10.1. The van der Waals surface area contributed by atoms with E-state index in [-0.39, 0.29) is 10.8 Å². The van der Waals surface area contributed by atoms with Gasteiger partial charge in [0, 0.05) is 44.0 Å². The van der Waals surface area contributed by atoms with Gasteiger partial charge in [0.1, 0.15) is 0 Å². The third kappa shape index (κ3) is 4.00. The van der Waals surface area contributed by atoms with Crippen molar-refractivity contribution >= 4 is 27.4 Å². The number of fused-ring (bicyclic) bond motifs is 4. The molecule has 148 valence electrons. The smallest absolute Gasteiger partial charge is 0.255 e. The van der Waals surface area contributed by atoms with Gasteiger partial charge in [-0.15, -0.1) is 0 Å². The van der Waals surface area contributed by atoms with Gasteiger partial charge in [-0.2, -0.15) is 0 Å². The minimum absolute atomic E-state index is 0.180. The van der Waals surface area contributed by atoms with Crippen molar-refractivity contribution in [1.29, 1.82) is 0 Å². The number of hydrogen-bond acceptors (Lipinski definition) is 7. The molecule has 3 saturated heterocycles. The normalized spacial score (nSPS) is 22.0. The number of carbonyl (C=O) groups is 1. The highest BCUT2D eigenvalue weighted by atomic mass is 32.2. The van der Waals surface area contributed by atoms with Gasteiger partial charge in [0.25, 0.3) is 5.91 Å². The minimum atomic E-state index is -3.29. The second-order valence-corrected chi connectivity index (χ2v) is 9.30. The first-order valence-electron chi connectivity index (χ1n) is 9.33. The molecule has 4 heterocycles. The zero-order valence-corrected chi connectivity index (χ0v) is 16.5. The monoisotopic (exact) mass is 401 g/mol. The lowest BCUT2D eigenvalue weighted by Crippen LogP contribution is -2.38. The lowest BCUT2D eigenvalue weighted by Gasteiger charge is -2.31. The first kappa shape index (κ1) is 18.8. The third-order valence-corrected chi connectivity index (χ3v) is 6.48. The molecule has 8 nitrogen and oxygen atoms in total. The van der Waals surface area contributed by atoms with E-state index in [4.69, 9.17) is 0 Å². The van der Waals surface area contributed by atoms with E-state index >= 15 is 0 Å². The third-order valence-electron chi connectivity index (χ3n) is 5.35. The molecule has 1 aromatic heterocycles. The number of nitrogens with one attached hydrogen (secondary N) is 1. The molecule has 3 fully saturated rings. The van der Waals surface area contributed by atoms with Gasteiger partial charge in [-0.3, -0.25) is 4.79 Å². The van der Waals surface area contributed by atoms with Crippen LogP contribution in [0.5, 0.6) is 0 Å². The molecule has 1 N–H and O–H groups in total. The Balaban J connectivity index is 1.43. The van der Waals surface area contributed by atoms with Crippen LogP contribution in [0.25, 0.3) is 0 Å². The predicted octanol–water partition coefficient (Wildman–Crippen LogP) is 1.42. The van der Waals surface area contributed by atoms with Crippen LogP contribution in [0.1, 0.15) is 23.2 Å². The van der Waals surface area contributed by atoms with Gasteiger partial charge >= 0.3 is 0 Å². The standard InChI is InChI=1S/C19H23N5O3S/c1-28(26,27)17-4-2-14(3-5-17)18(25)22-15-12-20-19(21-13-15)24-11-10-23-8-6-16(24)7-9-23/h2-5,12-13,16H,6-11H2,1H3,(H,22,25). The molecule has 0 saturated carbocycles. The van der Waals surface area contributed by atoms with Crippen molar-refractivity contribution in [2.24, 2.45) is 0 Å². The summed E-state index contributed by atoms with van der Waals surface area (Å²) in [4.78, 5) is 26.2. The van der Waals surface area contributed by atoms with Crippen molar-refractivity contribution < 1.29 is 13.2 Å². The Labute approximate surface area is 164 Å². The number of hydrogen-bond donors (Lipinski definition) is 1. The van der Waals surface area contributed by atoms with E-state index in [9.17, 15) is 13.2 Å². The summed E-state index contributed by atoms with van der Waals surface area (Å²) in [5.74, 6) is 0.363. The second-order valence-electron chi connectivity index (χ2n) is 7.29. The molecule has 0 unspecified atom stereocenters. The Morgan fingerprint density at radius 1 is 1.04 bits per heavy atom. The Kier molecular flexibility index (Phi) is 5.03. The van der Waals surface area contributed by atoms with Gasteiger partial charge in [0.05, 0.1) is 23.0 Å². The van der Waals surface area contributed by atoms with Gasteiger partial charge in [0.2, 0.25) is 5.95 Å². The van der Waals surface area contributed by atoms with Crippen molar-refractivity contribution in [3.8, 4) is 0 Å². The molecular weight excluding hydrogens is 378 g/mol. The zero-order chi connectivity index (χ0) is 19.7. The van der Waals surface area contributed by atoms with E-state index in [0.29, 0.717) is 23.2 Å². The molecule has 3 aliphatic heterocycles. The Morgan fingerprint density at radius 2 is 1.68 bits per heavy atom. The molecule has 1 aromatic carbocycles. The van der Waals surface area contributed by atoms with Crippen molar-refractivity contribution in [2.45, 2.75) is 23.8 Å². The number of anilines is 2. The van der Waals surface area contributed by atoms with Crippen LogP contribution in [-0.2, 0) is 9.84 Å². The van der Waals surface area contributed by atoms with Crippen LogP contribution in [0.2, 0.25) is 0 Å². The fraction of sp³-hybridized carbons (Fsp3) is 0.421. The minimum Gasteiger partial charge on any atom is -0.336 e. The summed E-state index contributed by atoms with van der Waals surface area (Å²) in [6.45, 7) is 4.21. The average Bonchev–Trinajstić information content (AvgIpc) is 3.02. The Bertz CT molecular complexity index is 952. The maximum atomic E-state index is 12.4. The largest absolute Gasteiger partial charge is 0.336 e. The molecule has 0 aliphatic carbocycles. The molecule has 0 atom stereocenters. The average molecular weight is 401 g/mol. The lowest BCUT2D eigenvalue weighted by molar-refractivity contribution is 0.102. The number of aromatic nitrogens is 2. The quantitative estimate of drug-likeness (QED) is 0.828. The summed E-state index contributed by atoms with van der Waals surface area (Å²) >= 11 is 0. The van der Waals surface area contributed by atoms with Gasteiger partial charge in [-0.05, 0) is 37.1 Å². The fourth-order valence-electron chi connectivity index (χ4n) is 3.74. The van der Waals surface area contributed by atoms with Crippen molar-refractivity contribution in [2.75, 3.05) is 42.7 Å². The van der Waals surface area contributed by atoms with Crippen LogP contribution < -0.4 is 10.2 Å². The second kappa shape index (κ2) is 7.48. The zero-order valence-electron chi connectivity index (χ0n) is 15.7. The molecule has 2 bridgehead atoms. The number of benzene rings is 1. The maximum absolute atomic E-state index is 12.4. The SMILES string of the molecule is CS(=O)(=O)c1ccc(C(=O)Nc2cnc(N3CCN4CCC3CC4)nc2)cc1. The molecule has 1 amide bonds. The summed E-state index contributed by atoms with van der Waals surface area (Å²) in [6, 6.07) is 6.31. The number of amides is 1. The number of carbonyl (C=O) groups excluding carboxylic acids is 1. The number of nitrogens with zero attached hydrogens (tertiary/aromatic N) is 4. The van der Waals surface area contributed by atoms with E-state index in [1.807, 2.05) is 0 Å². The van der Waals surface area contributed by atoms with E-state index < -0.39 is 9.84 Å². The van der Waals surface area contributed by atoms with Crippen molar-refractivity contribution in [3.05, 3.63) is 42.2 Å². The van der Waals surface area contributed by atoms with Crippen molar-refractivity contribution in [3.63, 3.8) is 0 Å². The molecule has 5 rings (SSSR count). The van der Waals surface area contributed by atoms with E-state index in [0.717, 1.165) is 45.3 Å². The van der Waals surface area contributed by atoms with Gasteiger partial charge in [-0.1, -0.05) is 0 Å². The van der Waals surface area contributed by atoms with Crippen LogP contribution in [0.4, 0.5) is 11.6 Å². The van der Waals surface area contributed by atoms with Crippen molar-refractivity contribution in [1.82, 2.24) is 14.9 Å². The number of rotatable bonds is 4. The first-order chi connectivity index (χ1) is 13.4. The molecule has 9 heteroatoms. The van der Waals surface area contributed by atoms with Crippen LogP contribution in [0.15, 0.2) is 41.6 Å². The van der Waals surface area contributed by atoms with Gasteiger partial charge < -0.3 is 15.1 Å². The van der Waals surface area contributed by atoms with Crippen LogP contribution in [-0.4, -0.2) is 67.7 Å². The van der Waals surface area contributed by atoms with Gasteiger partial charge in [-0.25, -0.2) is 18.4 Å². The molecule has 0 radical (unpaired) electrons. The summed E-state index contributed by atoms with van der Waals surface area (Å²) in [6.07, 6.45) is 6.62. The van der Waals surface area contributed by atoms with Crippen LogP contribution >= 0.6 is 0 Å². The van der Waals surface area contributed by atoms with Gasteiger partial charge in [0.15, 0.2) is 9.84 Å². The first-order valence-corrected chi connectivity index (χ1v) is 11.2. The van der Waals surface area contributed by atoms with E-state index in [2.05, 4.69) is 25.1 Å². The topological polar surface area (TPSA) is 95.5 Å². The molecular formula is C19H23N5O3S. The van der Waals surface area contributed by atoms with Crippen LogP contribution in [0, 0.1) is 0 Å². The summed E-state index contributed by atoms with van der Waals surface area (Å²) in [5.41, 5.74) is 0.874. The highest BCUT2D eigenvalue weighted by Crippen LogP contribution is 2.24. The fourth-order valence-corrected chi connectivity index (χ4v) is 4.37. The maximum Gasteiger partial charge on any atom is 0.255 e. The molecule has 3 aliphatic rings. The molecule has 2 aromatic rings. The number of sulfone groups is 1. The highest BCUT2D eigenvalue weighted by molar-refractivity contribution is 7.90. The summed E-state index contributed by atoms with van der Waals surface area (Å²) in [5, 5.41) is 2.75. The molecule has 28 heavy (non-hydrogen) atoms. The summed E-state index contributed by atoms with van der Waals surface area (Å²) in [7, 11) is -3.29. The Morgan fingerprint density at radius 3 is 2.29 bits per heavy atom. The Hall–Kier alpha value is -2.52. The van der Waals surface area contributed by atoms with Crippen LogP contribution in [0.3, 0.4) is 0 Å². The number of piperidine rings is 1. The molecule has 0 spiro atoms.